The van der Waals surface area contributed by atoms with Gasteiger partial charge in [0.1, 0.15) is 0 Å². The summed E-state index contributed by atoms with van der Waals surface area (Å²) in [7, 11) is 0. The zero-order chi connectivity index (χ0) is 14.6. The molecule has 0 heterocycles. The van der Waals surface area contributed by atoms with Crippen molar-refractivity contribution in [1.82, 2.24) is 0 Å². The molecule has 0 aliphatic carbocycles. The normalized spacial score (nSPS) is 7.67. The van der Waals surface area contributed by atoms with Crippen LogP contribution >= 0.6 is 25.3 Å². The van der Waals surface area contributed by atoms with Gasteiger partial charge < -0.3 is 10.2 Å². The third kappa shape index (κ3) is 16.8. The van der Waals surface area contributed by atoms with E-state index in [1.165, 1.54) is 0 Å². The Morgan fingerprint density at radius 3 is 1.17 bits per heavy atom. The molecule has 0 saturated heterocycles. The van der Waals surface area contributed by atoms with Crippen LogP contribution in [-0.2, 0) is 9.59 Å². The minimum atomic E-state index is -0.981. The van der Waals surface area contributed by atoms with Gasteiger partial charge in [-0.1, -0.05) is 13.2 Å². The van der Waals surface area contributed by atoms with E-state index in [1.807, 2.05) is 24.3 Å². The maximum Gasteiger partial charge on any atom is 0.327 e. The Hall–Kier alpha value is -1.66. The average Bonchev–Trinajstić information content (AvgIpc) is 2.34. The number of thiol groups is 2. The van der Waals surface area contributed by atoms with Gasteiger partial charge >= 0.3 is 11.9 Å². The molecule has 0 aromatic heterocycles. The summed E-state index contributed by atoms with van der Waals surface area (Å²) < 4.78 is 0. The summed E-state index contributed by atoms with van der Waals surface area (Å²) in [6, 6.07) is 7.63. The summed E-state index contributed by atoms with van der Waals surface area (Å²) >= 11 is 8.20. The lowest BCUT2D eigenvalue weighted by Crippen LogP contribution is -1.82. The molecule has 0 spiro atoms. The van der Waals surface area contributed by atoms with Crippen molar-refractivity contribution in [2.45, 2.75) is 9.79 Å². The van der Waals surface area contributed by atoms with Crippen molar-refractivity contribution in [2.24, 2.45) is 0 Å². The Labute approximate surface area is 116 Å². The summed E-state index contributed by atoms with van der Waals surface area (Å²) in [5.74, 6) is -1.96. The zero-order valence-electron chi connectivity index (χ0n) is 9.48. The topological polar surface area (TPSA) is 74.6 Å². The molecule has 0 fully saturated rings. The highest BCUT2D eigenvalue weighted by Crippen LogP contribution is 2.09. The molecule has 1 aromatic rings. The van der Waals surface area contributed by atoms with Crippen LogP contribution in [0.4, 0.5) is 0 Å². The molecule has 0 aliphatic heterocycles. The molecule has 2 N–H and O–H groups in total. The van der Waals surface area contributed by atoms with Crippen LogP contribution in [0.15, 0.2) is 59.4 Å². The second-order valence-corrected chi connectivity index (χ2v) is 3.63. The van der Waals surface area contributed by atoms with Crippen LogP contribution in [0.2, 0.25) is 0 Å². The fourth-order valence-corrected chi connectivity index (χ4v) is 0.751. The van der Waals surface area contributed by atoms with Crippen molar-refractivity contribution >= 4 is 37.2 Å². The highest BCUT2D eigenvalue weighted by atomic mass is 32.1. The molecule has 6 heteroatoms. The summed E-state index contributed by atoms with van der Waals surface area (Å²) in [5, 5.41) is 15.2. The molecule has 98 valence electrons. The molecule has 0 amide bonds. The first-order valence-electron chi connectivity index (χ1n) is 4.52. The number of hydrogen-bond acceptors (Lipinski definition) is 4. The Bertz CT molecular complexity index is 360. The first kappa shape index (κ1) is 18.7. The summed E-state index contributed by atoms with van der Waals surface area (Å²) in [6.45, 7) is 5.92. The second-order valence-electron chi connectivity index (χ2n) is 2.60. The predicted molar refractivity (Wildman–Crippen MR) is 76.6 cm³/mol. The molecule has 1 aromatic carbocycles. The summed E-state index contributed by atoms with van der Waals surface area (Å²) in [5.41, 5.74) is 0. The summed E-state index contributed by atoms with van der Waals surface area (Å²) in [4.78, 5) is 20.4. The lowest BCUT2D eigenvalue weighted by Gasteiger charge is -1.88. The fraction of sp³-hybridized carbons (Fsp3) is 0. The fourth-order valence-electron chi connectivity index (χ4n) is 0.453. The molecular formula is C12H14O4S2. The van der Waals surface area contributed by atoms with E-state index < -0.39 is 11.9 Å². The van der Waals surface area contributed by atoms with Crippen molar-refractivity contribution in [1.29, 1.82) is 0 Å². The largest absolute Gasteiger partial charge is 0.478 e. The average molecular weight is 286 g/mol. The first-order valence-corrected chi connectivity index (χ1v) is 5.41. The van der Waals surface area contributed by atoms with Crippen LogP contribution in [0.25, 0.3) is 0 Å². The predicted octanol–water partition coefficient (Wildman–Crippen LogP) is 2.78. The van der Waals surface area contributed by atoms with Gasteiger partial charge in [0.15, 0.2) is 0 Å². The third-order valence-electron chi connectivity index (χ3n) is 1.20. The Kier molecular flexibility index (Phi) is 12.3. The van der Waals surface area contributed by atoms with Gasteiger partial charge in [-0.15, -0.1) is 25.3 Å². The number of carboxylic acid groups (broad SMARTS) is 2. The molecule has 4 nitrogen and oxygen atoms in total. The van der Waals surface area contributed by atoms with E-state index >= 15 is 0 Å². The van der Waals surface area contributed by atoms with Gasteiger partial charge in [-0.3, -0.25) is 0 Å². The van der Waals surface area contributed by atoms with Gasteiger partial charge in [-0.2, -0.15) is 0 Å². The molecule has 0 radical (unpaired) electrons. The Morgan fingerprint density at radius 2 is 1.06 bits per heavy atom. The van der Waals surface area contributed by atoms with Gasteiger partial charge in [-0.05, 0) is 24.3 Å². The number of benzene rings is 1. The SMILES string of the molecule is C=CC(=O)O.C=CC(=O)O.Sc1ccc(S)cc1. The van der Waals surface area contributed by atoms with E-state index in [9.17, 15) is 9.59 Å². The third-order valence-corrected chi connectivity index (χ3v) is 1.80. The smallest absolute Gasteiger partial charge is 0.327 e. The Balaban J connectivity index is 0. The lowest BCUT2D eigenvalue weighted by atomic mass is 10.4. The molecule has 0 bridgehead atoms. The minimum Gasteiger partial charge on any atom is -0.478 e. The second kappa shape index (κ2) is 11.8. The van der Waals surface area contributed by atoms with Crippen molar-refractivity contribution < 1.29 is 19.8 Å². The van der Waals surface area contributed by atoms with E-state index in [-0.39, 0.29) is 0 Å². The van der Waals surface area contributed by atoms with Gasteiger partial charge in [0.2, 0.25) is 0 Å². The molecule has 1 rings (SSSR count). The van der Waals surface area contributed by atoms with Crippen molar-refractivity contribution in [3.8, 4) is 0 Å². The van der Waals surface area contributed by atoms with Crippen LogP contribution in [0.5, 0.6) is 0 Å². The van der Waals surface area contributed by atoms with Gasteiger partial charge in [-0.25, -0.2) is 9.59 Å². The lowest BCUT2D eigenvalue weighted by molar-refractivity contribution is -0.132. The highest BCUT2D eigenvalue weighted by Gasteiger charge is 1.81. The van der Waals surface area contributed by atoms with E-state index in [4.69, 9.17) is 10.2 Å². The molecule has 0 unspecified atom stereocenters. The number of carbonyl (C=O) groups is 2. The van der Waals surface area contributed by atoms with Crippen LogP contribution in [0.1, 0.15) is 0 Å². The zero-order valence-corrected chi connectivity index (χ0v) is 11.3. The van der Waals surface area contributed by atoms with Crippen LogP contribution in [0, 0.1) is 0 Å². The van der Waals surface area contributed by atoms with Crippen molar-refractivity contribution in [3.63, 3.8) is 0 Å². The number of hydrogen-bond donors (Lipinski definition) is 4. The molecule has 0 saturated carbocycles. The van der Waals surface area contributed by atoms with E-state index in [0.717, 1.165) is 21.9 Å². The van der Waals surface area contributed by atoms with Crippen molar-refractivity contribution in [2.75, 3.05) is 0 Å². The number of aliphatic carboxylic acids is 2. The summed E-state index contributed by atoms with van der Waals surface area (Å²) in [6.07, 6.45) is 1.67. The van der Waals surface area contributed by atoms with E-state index in [1.54, 1.807) is 0 Å². The van der Waals surface area contributed by atoms with Gasteiger partial charge in [0.05, 0.1) is 0 Å². The maximum absolute atomic E-state index is 9.25. The maximum atomic E-state index is 9.25. The van der Waals surface area contributed by atoms with E-state index in [0.29, 0.717) is 0 Å². The minimum absolute atomic E-state index is 0.833. The monoisotopic (exact) mass is 286 g/mol. The van der Waals surface area contributed by atoms with Crippen molar-refractivity contribution in [3.05, 3.63) is 49.6 Å². The number of rotatable bonds is 2. The van der Waals surface area contributed by atoms with E-state index in [2.05, 4.69) is 38.4 Å². The Morgan fingerprint density at radius 1 is 0.889 bits per heavy atom. The first-order chi connectivity index (χ1) is 8.33. The highest BCUT2D eigenvalue weighted by molar-refractivity contribution is 7.80. The van der Waals surface area contributed by atoms with Crippen LogP contribution in [-0.4, -0.2) is 22.2 Å². The molecule has 0 aliphatic rings. The van der Waals surface area contributed by atoms with Gasteiger partial charge in [0.25, 0.3) is 0 Å². The molecule has 0 atom stereocenters. The standard InChI is InChI=1S/C6H6S2.2C3H4O2/c7-5-1-2-6(8)4-3-5;2*1-2-3(4)5/h1-4,7-8H;2*2H,1H2,(H,4,5). The molecular weight excluding hydrogens is 272 g/mol. The van der Waals surface area contributed by atoms with Crippen LogP contribution in [0.3, 0.4) is 0 Å². The quantitative estimate of drug-likeness (QED) is 0.498. The van der Waals surface area contributed by atoms with Gasteiger partial charge in [0, 0.05) is 21.9 Å². The molecule has 18 heavy (non-hydrogen) atoms. The number of carboxylic acids is 2. The van der Waals surface area contributed by atoms with Crippen LogP contribution < -0.4 is 0 Å².